The van der Waals surface area contributed by atoms with E-state index in [0.717, 1.165) is 44.9 Å². The number of aliphatic hydroxyl groups excluding tert-OH is 4. The van der Waals surface area contributed by atoms with Gasteiger partial charge in [-0.25, -0.2) is 0 Å². The van der Waals surface area contributed by atoms with Crippen LogP contribution in [0, 0.1) is 33.5 Å². The summed E-state index contributed by atoms with van der Waals surface area (Å²) < 4.78 is 11.1. The Kier molecular flexibility index (Phi) is 5.77. The maximum absolute atomic E-state index is 13.7. The molecule has 0 radical (unpaired) electrons. The van der Waals surface area contributed by atoms with Crippen LogP contribution in [0.5, 0.6) is 0 Å². The van der Waals surface area contributed by atoms with Gasteiger partial charge >= 0.3 is 5.97 Å². The molecule has 1 heterocycles. The Bertz CT molecular complexity index is 860. The molecule has 5 aliphatic rings. The van der Waals surface area contributed by atoms with Gasteiger partial charge in [-0.3, -0.25) is 9.59 Å². The molecule has 1 saturated heterocycles. The lowest BCUT2D eigenvalue weighted by Gasteiger charge is -2.64. The second kappa shape index (κ2) is 7.97. The van der Waals surface area contributed by atoms with E-state index in [4.69, 9.17) is 9.47 Å². The molecule has 4 saturated carbocycles. The van der Waals surface area contributed by atoms with Gasteiger partial charge in [-0.2, -0.15) is 0 Å². The second-order valence-corrected chi connectivity index (χ2v) is 12.8. The zero-order valence-electron chi connectivity index (χ0n) is 20.5. The van der Waals surface area contributed by atoms with Crippen molar-refractivity contribution in [2.75, 3.05) is 6.61 Å². The SMILES string of the molecule is C[C@]12CC[C@@H]3[C@](CC[C@H]4[C@@]3(C)CCC[C@@]4(C)C(=O)OC3OC(CO)C(O)C(O)C3O)(CC1=O)C2. The fourth-order valence-corrected chi connectivity index (χ4v) is 9.15. The zero-order chi connectivity index (χ0) is 24.7. The highest BCUT2D eigenvalue weighted by atomic mass is 16.7. The maximum Gasteiger partial charge on any atom is 0.314 e. The first-order valence-corrected chi connectivity index (χ1v) is 13.0. The molecule has 0 aromatic heterocycles. The van der Waals surface area contributed by atoms with Gasteiger partial charge in [0, 0.05) is 11.8 Å². The van der Waals surface area contributed by atoms with Crippen molar-refractivity contribution >= 4 is 11.8 Å². The van der Waals surface area contributed by atoms with Crippen LogP contribution in [-0.4, -0.2) is 69.5 Å². The molecule has 5 fully saturated rings. The summed E-state index contributed by atoms with van der Waals surface area (Å²) in [5.74, 6) is 0.435. The molecular formula is C26H40O8. The summed E-state index contributed by atoms with van der Waals surface area (Å²) in [6.07, 6.45) is 0.706. The van der Waals surface area contributed by atoms with Crippen LogP contribution < -0.4 is 0 Å². The maximum atomic E-state index is 13.7. The van der Waals surface area contributed by atoms with Gasteiger partial charge < -0.3 is 29.9 Å². The first-order chi connectivity index (χ1) is 15.9. The van der Waals surface area contributed by atoms with Crippen molar-refractivity contribution in [3.05, 3.63) is 0 Å². The number of fused-ring (bicyclic) bond motifs is 3. The molecule has 0 aromatic rings. The van der Waals surface area contributed by atoms with E-state index in [2.05, 4.69) is 13.8 Å². The number of hydrogen-bond acceptors (Lipinski definition) is 8. The van der Waals surface area contributed by atoms with Crippen molar-refractivity contribution in [2.24, 2.45) is 33.5 Å². The molecule has 0 amide bonds. The van der Waals surface area contributed by atoms with Gasteiger partial charge in [0.2, 0.25) is 6.29 Å². The summed E-state index contributed by atoms with van der Waals surface area (Å²) in [4.78, 5) is 26.6. The van der Waals surface area contributed by atoms with E-state index < -0.39 is 48.7 Å². The van der Waals surface area contributed by atoms with Gasteiger partial charge in [-0.1, -0.05) is 20.3 Å². The summed E-state index contributed by atoms with van der Waals surface area (Å²) in [6, 6.07) is 0. The van der Waals surface area contributed by atoms with E-state index in [9.17, 15) is 30.0 Å². The fraction of sp³-hybridized carbons (Fsp3) is 0.923. The number of hydrogen-bond donors (Lipinski definition) is 4. The van der Waals surface area contributed by atoms with Gasteiger partial charge in [0.15, 0.2) is 0 Å². The monoisotopic (exact) mass is 480 g/mol. The lowest BCUT2D eigenvalue weighted by molar-refractivity contribution is -0.298. The first kappa shape index (κ1) is 24.6. The van der Waals surface area contributed by atoms with Crippen molar-refractivity contribution in [2.45, 2.75) is 109 Å². The van der Waals surface area contributed by atoms with Crippen LogP contribution in [-0.2, 0) is 19.1 Å². The average Bonchev–Trinajstić information content (AvgIpc) is 2.96. The molecule has 5 rings (SSSR count). The van der Waals surface area contributed by atoms with Crippen LogP contribution in [0.4, 0.5) is 0 Å². The Morgan fingerprint density at radius 2 is 1.71 bits per heavy atom. The molecule has 34 heavy (non-hydrogen) atoms. The van der Waals surface area contributed by atoms with Gasteiger partial charge in [-0.15, -0.1) is 0 Å². The minimum Gasteiger partial charge on any atom is -0.432 e. The summed E-state index contributed by atoms with van der Waals surface area (Å²) in [5, 5.41) is 40.0. The predicted octanol–water partition coefficient (Wildman–Crippen LogP) is 1.70. The van der Waals surface area contributed by atoms with E-state index in [1.165, 1.54) is 0 Å². The Labute approximate surface area is 201 Å². The normalized spacial score (nSPS) is 54.8. The summed E-state index contributed by atoms with van der Waals surface area (Å²) >= 11 is 0. The molecule has 5 unspecified atom stereocenters. The van der Waals surface area contributed by atoms with Gasteiger partial charge in [0.25, 0.3) is 0 Å². The van der Waals surface area contributed by atoms with Crippen molar-refractivity contribution in [1.82, 2.24) is 0 Å². The van der Waals surface area contributed by atoms with Crippen molar-refractivity contribution in [3.63, 3.8) is 0 Å². The van der Waals surface area contributed by atoms with Crippen LogP contribution in [0.2, 0.25) is 0 Å². The second-order valence-electron chi connectivity index (χ2n) is 12.8. The standard InChI is InChI=1S/C26H40O8/c1-23-9-5-16-24(2)7-4-8-25(3,15(24)6-10-26(16,13-23)11-17(23)28)22(32)34-21-20(31)19(30)18(29)14(12-27)33-21/h14-16,18-21,27,29-31H,4-13H2,1-3H3/t14?,15-,16-,18?,19?,20?,21?,23+,24+,25+,26+/m0/s1. The minimum absolute atomic E-state index is 0.0504. The number of rotatable bonds is 3. The number of carbonyl (C=O) groups excluding carboxylic acids is 2. The molecule has 4 aliphatic carbocycles. The number of ether oxygens (including phenoxy) is 2. The highest BCUT2D eigenvalue weighted by Gasteiger charge is 2.68. The topological polar surface area (TPSA) is 134 Å². The summed E-state index contributed by atoms with van der Waals surface area (Å²) in [6.45, 7) is 5.83. The molecule has 8 nitrogen and oxygen atoms in total. The van der Waals surface area contributed by atoms with Crippen LogP contribution in [0.1, 0.15) is 78.6 Å². The molecule has 8 heteroatoms. The largest absolute Gasteiger partial charge is 0.432 e. The third kappa shape index (κ3) is 3.28. The van der Waals surface area contributed by atoms with Crippen LogP contribution in [0.3, 0.4) is 0 Å². The Morgan fingerprint density at radius 3 is 2.41 bits per heavy atom. The van der Waals surface area contributed by atoms with E-state index in [1.54, 1.807) is 0 Å². The van der Waals surface area contributed by atoms with Gasteiger partial charge in [0.05, 0.1) is 12.0 Å². The lowest BCUT2D eigenvalue weighted by Crippen LogP contribution is -2.62. The first-order valence-electron chi connectivity index (χ1n) is 13.0. The predicted molar refractivity (Wildman–Crippen MR) is 120 cm³/mol. The fourth-order valence-electron chi connectivity index (χ4n) is 9.15. The number of aliphatic hydroxyl groups is 4. The molecule has 11 atom stereocenters. The third-order valence-electron chi connectivity index (χ3n) is 10.9. The van der Waals surface area contributed by atoms with E-state index in [0.29, 0.717) is 24.5 Å². The zero-order valence-corrected chi connectivity index (χ0v) is 20.5. The summed E-state index contributed by atoms with van der Waals surface area (Å²) in [5.41, 5.74) is -0.989. The third-order valence-corrected chi connectivity index (χ3v) is 10.9. The van der Waals surface area contributed by atoms with Gasteiger partial charge in [0.1, 0.15) is 30.2 Å². The van der Waals surface area contributed by atoms with Crippen LogP contribution in [0.15, 0.2) is 0 Å². The Hall–Kier alpha value is -1.06. The number of ketones is 1. The smallest absolute Gasteiger partial charge is 0.314 e. The van der Waals surface area contributed by atoms with E-state index in [1.807, 2.05) is 6.92 Å². The number of Topliss-reactive ketones (excluding diaryl/α,β-unsaturated/α-hetero) is 1. The van der Waals surface area contributed by atoms with E-state index in [-0.39, 0.29) is 22.2 Å². The van der Waals surface area contributed by atoms with E-state index >= 15 is 0 Å². The molecular weight excluding hydrogens is 440 g/mol. The lowest BCUT2D eigenvalue weighted by atomic mass is 9.40. The number of carbonyl (C=O) groups is 2. The Balaban J connectivity index is 1.39. The molecule has 4 N–H and O–H groups in total. The molecule has 1 aliphatic heterocycles. The molecule has 0 aromatic carbocycles. The highest BCUT2D eigenvalue weighted by Crippen LogP contribution is 2.73. The minimum atomic E-state index is -1.60. The van der Waals surface area contributed by atoms with Crippen LogP contribution in [0.25, 0.3) is 0 Å². The molecule has 2 bridgehead atoms. The molecule has 1 spiro atoms. The van der Waals surface area contributed by atoms with Gasteiger partial charge in [-0.05, 0) is 74.5 Å². The van der Waals surface area contributed by atoms with Crippen molar-refractivity contribution < 1.29 is 39.5 Å². The van der Waals surface area contributed by atoms with Crippen molar-refractivity contribution in [1.29, 1.82) is 0 Å². The Morgan fingerprint density at radius 1 is 1.00 bits per heavy atom. The molecule has 192 valence electrons. The van der Waals surface area contributed by atoms with Crippen molar-refractivity contribution in [3.8, 4) is 0 Å². The average molecular weight is 481 g/mol. The summed E-state index contributed by atoms with van der Waals surface area (Å²) in [7, 11) is 0. The highest BCUT2D eigenvalue weighted by molar-refractivity contribution is 5.88. The number of esters is 1. The van der Waals surface area contributed by atoms with Crippen LogP contribution >= 0.6 is 0 Å². The quantitative estimate of drug-likeness (QED) is 0.449.